The molecule has 0 aromatic heterocycles. The third-order valence-corrected chi connectivity index (χ3v) is 5.62. The van der Waals surface area contributed by atoms with Crippen LogP contribution in [0.25, 0.3) is 10.8 Å². The van der Waals surface area contributed by atoms with Gasteiger partial charge in [0, 0.05) is 15.1 Å². The molecule has 164 valence electrons. The molecular formula is C26H18BrClN2O3. The number of hydrogen-bond donors (Lipinski definition) is 1. The second-order valence-electron chi connectivity index (χ2n) is 7.19. The van der Waals surface area contributed by atoms with E-state index in [1.165, 1.54) is 6.21 Å². The molecule has 0 aliphatic heterocycles. The molecule has 0 atom stereocenters. The maximum atomic E-state index is 12.5. The highest BCUT2D eigenvalue weighted by Crippen LogP contribution is 2.23. The number of halogens is 2. The van der Waals surface area contributed by atoms with Crippen LogP contribution >= 0.6 is 27.5 Å². The summed E-state index contributed by atoms with van der Waals surface area (Å²) in [5.74, 6) is -0.467. The molecule has 0 bridgehead atoms. The van der Waals surface area contributed by atoms with E-state index in [1.807, 2.05) is 42.5 Å². The molecule has 4 aromatic rings. The molecule has 0 aliphatic carbocycles. The Balaban J connectivity index is 1.45. The molecule has 0 radical (unpaired) electrons. The Bertz CT molecular complexity index is 1350. The lowest BCUT2D eigenvalue weighted by Gasteiger charge is -2.08. The molecule has 0 saturated heterocycles. The van der Waals surface area contributed by atoms with Crippen LogP contribution in [-0.2, 0) is 11.2 Å². The fourth-order valence-corrected chi connectivity index (χ4v) is 3.80. The summed E-state index contributed by atoms with van der Waals surface area (Å²) in [6.45, 7) is 0. The Morgan fingerprint density at radius 2 is 1.73 bits per heavy atom. The number of amides is 1. The molecule has 4 aromatic carbocycles. The van der Waals surface area contributed by atoms with Gasteiger partial charge in [0.15, 0.2) is 0 Å². The van der Waals surface area contributed by atoms with E-state index in [4.69, 9.17) is 16.3 Å². The van der Waals surface area contributed by atoms with E-state index in [1.54, 1.807) is 42.5 Å². The fraction of sp³-hybridized carbons (Fsp3) is 0.0385. The maximum Gasteiger partial charge on any atom is 0.343 e. The zero-order valence-corrected chi connectivity index (χ0v) is 19.6. The number of carbonyl (C=O) groups excluding carboxylic acids is 2. The van der Waals surface area contributed by atoms with E-state index in [0.717, 1.165) is 20.8 Å². The highest BCUT2D eigenvalue weighted by Gasteiger charge is 2.12. The van der Waals surface area contributed by atoms with E-state index in [2.05, 4.69) is 26.5 Å². The van der Waals surface area contributed by atoms with E-state index in [9.17, 15) is 9.59 Å². The van der Waals surface area contributed by atoms with Crippen molar-refractivity contribution in [2.24, 2.45) is 5.10 Å². The van der Waals surface area contributed by atoms with Gasteiger partial charge in [-0.2, -0.15) is 5.10 Å². The first-order valence-electron chi connectivity index (χ1n) is 10.1. The lowest BCUT2D eigenvalue weighted by atomic mass is 10.0. The van der Waals surface area contributed by atoms with Crippen LogP contribution in [0, 0.1) is 0 Å². The van der Waals surface area contributed by atoms with Gasteiger partial charge in [-0.1, -0.05) is 70.0 Å². The highest BCUT2D eigenvalue weighted by molar-refractivity contribution is 9.10. The van der Waals surface area contributed by atoms with E-state index in [-0.39, 0.29) is 12.3 Å². The second-order valence-corrected chi connectivity index (χ2v) is 8.54. The number of carbonyl (C=O) groups is 2. The minimum absolute atomic E-state index is 0.190. The summed E-state index contributed by atoms with van der Waals surface area (Å²) >= 11 is 9.27. The third kappa shape index (κ3) is 5.86. The first kappa shape index (κ1) is 22.7. The molecule has 7 heteroatoms. The predicted octanol–water partition coefficient (Wildman–Crippen LogP) is 6.17. The smallest absolute Gasteiger partial charge is 0.343 e. The van der Waals surface area contributed by atoms with Crippen LogP contribution in [0.3, 0.4) is 0 Å². The van der Waals surface area contributed by atoms with Crippen molar-refractivity contribution in [1.29, 1.82) is 0 Å². The SMILES string of the molecule is O=C(Cc1cccc2ccccc12)N/N=C/c1cc(Br)ccc1OC(=O)c1ccc(Cl)cc1. The van der Waals surface area contributed by atoms with Crippen molar-refractivity contribution in [3.63, 3.8) is 0 Å². The molecule has 0 saturated carbocycles. The van der Waals surface area contributed by atoms with Gasteiger partial charge in [0.25, 0.3) is 0 Å². The van der Waals surface area contributed by atoms with Crippen LogP contribution in [0.1, 0.15) is 21.5 Å². The van der Waals surface area contributed by atoms with Crippen molar-refractivity contribution < 1.29 is 14.3 Å². The number of esters is 1. The van der Waals surface area contributed by atoms with E-state index in [0.29, 0.717) is 21.9 Å². The van der Waals surface area contributed by atoms with Crippen LogP contribution in [-0.4, -0.2) is 18.1 Å². The van der Waals surface area contributed by atoms with Gasteiger partial charge < -0.3 is 4.74 Å². The number of hydrazone groups is 1. The van der Waals surface area contributed by atoms with Crippen molar-refractivity contribution in [3.05, 3.63) is 111 Å². The Kier molecular flexibility index (Phi) is 7.17. The summed E-state index contributed by atoms with van der Waals surface area (Å²) in [5, 5.41) is 6.69. The molecule has 0 fully saturated rings. The average molecular weight is 522 g/mol. The largest absolute Gasteiger partial charge is 0.422 e. The molecule has 1 amide bonds. The average Bonchev–Trinajstić information content (AvgIpc) is 2.81. The van der Waals surface area contributed by atoms with Gasteiger partial charge in [0.1, 0.15) is 5.75 Å². The van der Waals surface area contributed by atoms with Crippen LogP contribution < -0.4 is 10.2 Å². The zero-order valence-electron chi connectivity index (χ0n) is 17.3. The number of nitrogens with one attached hydrogen (secondary N) is 1. The molecular weight excluding hydrogens is 504 g/mol. The zero-order chi connectivity index (χ0) is 23.2. The fourth-order valence-electron chi connectivity index (χ4n) is 3.29. The number of hydrogen-bond acceptors (Lipinski definition) is 4. The quantitative estimate of drug-likeness (QED) is 0.143. The molecule has 0 spiro atoms. The van der Waals surface area contributed by atoms with Crippen molar-refractivity contribution in [2.75, 3.05) is 0 Å². The topological polar surface area (TPSA) is 67.8 Å². The minimum Gasteiger partial charge on any atom is -0.422 e. The summed E-state index contributed by atoms with van der Waals surface area (Å²) in [7, 11) is 0. The normalized spacial score (nSPS) is 11.0. The van der Waals surface area contributed by atoms with Gasteiger partial charge in [0.2, 0.25) is 5.91 Å². The molecule has 0 aliphatic rings. The second kappa shape index (κ2) is 10.4. The van der Waals surface area contributed by atoms with Gasteiger partial charge in [-0.05, 0) is 58.8 Å². The lowest BCUT2D eigenvalue weighted by molar-refractivity contribution is -0.120. The van der Waals surface area contributed by atoms with E-state index < -0.39 is 5.97 Å². The molecule has 33 heavy (non-hydrogen) atoms. The van der Waals surface area contributed by atoms with Gasteiger partial charge >= 0.3 is 5.97 Å². The first-order valence-corrected chi connectivity index (χ1v) is 11.2. The highest BCUT2D eigenvalue weighted by atomic mass is 79.9. The van der Waals surface area contributed by atoms with Gasteiger partial charge in [-0.15, -0.1) is 0 Å². The van der Waals surface area contributed by atoms with Crippen LogP contribution in [0.15, 0.2) is 94.5 Å². The van der Waals surface area contributed by atoms with Crippen molar-refractivity contribution in [1.82, 2.24) is 5.43 Å². The number of fused-ring (bicyclic) bond motifs is 1. The van der Waals surface area contributed by atoms with Gasteiger partial charge in [-0.3, -0.25) is 4.79 Å². The van der Waals surface area contributed by atoms with E-state index >= 15 is 0 Å². The molecule has 1 N–H and O–H groups in total. The third-order valence-electron chi connectivity index (χ3n) is 4.88. The number of nitrogens with zero attached hydrogens (tertiary/aromatic N) is 1. The van der Waals surface area contributed by atoms with Crippen LogP contribution in [0.4, 0.5) is 0 Å². The van der Waals surface area contributed by atoms with Crippen molar-refractivity contribution in [2.45, 2.75) is 6.42 Å². The number of benzene rings is 4. The Morgan fingerprint density at radius 3 is 2.55 bits per heavy atom. The monoisotopic (exact) mass is 520 g/mol. The molecule has 5 nitrogen and oxygen atoms in total. The Hall–Kier alpha value is -3.48. The van der Waals surface area contributed by atoms with Crippen molar-refractivity contribution in [3.8, 4) is 5.75 Å². The summed E-state index contributed by atoms with van der Waals surface area (Å²) in [5.41, 5.74) is 4.35. The summed E-state index contributed by atoms with van der Waals surface area (Å²) < 4.78 is 6.30. The standard InChI is InChI=1S/C26H18BrClN2O3/c27-21-10-13-24(33-26(32)18-8-11-22(28)12-9-18)20(14-21)16-29-30-25(31)15-19-6-3-5-17-4-1-2-7-23(17)19/h1-14,16H,15H2,(H,30,31)/b29-16+. The Morgan fingerprint density at radius 1 is 0.970 bits per heavy atom. The van der Waals surface area contributed by atoms with Crippen molar-refractivity contribution >= 4 is 56.4 Å². The molecule has 0 heterocycles. The Labute approximate surface area is 204 Å². The minimum atomic E-state index is -0.524. The first-order chi connectivity index (χ1) is 16.0. The maximum absolute atomic E-state index is 12.5. The molecule has 4 rings (SSSR count). The van der Waals surface area contributed by atoms with Crippen LogP contribution in [0.5, 0.6) is 5.75 Å². The molecule has 0 unspecified atom stereocenters. The lowest BCUT2D eigenvalue weighted by Crippen LogP contribution is -2.20. The van der Waals surface area contributed by atoms with Crippen LogP contribution in [0.2, 0.25) is 5.02 Å². The summed E-state index contributed by atoms with van der Waals surface area (Å²) in [6.07, 6.45) is 1.63. The number of ether oxygens (including phenoxy) is 1. The van der Waals surface area contributed by atoms with Gasteiger partial charge in [-0.25, -0.2) is 10.2 Å². The van der Waals surface area contributed by atoms with Gasteiger partial charge in [0.05, 0.1) is 18.2 Å². The summed E-state index contributed by atoms with van der Waals surface area (Å²) in [6, 6.07) is 25.3. The summed E-state index contributed by atoms with van der Waals surface area (Å²) in [4.78, 5) is 24.9. The predicted molar refractivity (Wildman–Crippen MR) is 134 cm³/mol. The number of rotatable bonds is 6.